The van der Waals surface area contributed by atoms with Crippen molar-refractivity contribution in [3.8, 4) is 0 Å². The molecule has 0 aromatic heterocycles. The molecule has 0 aliphatic carbocycles. The first kappa shape index (κ1) is 9.30. The minimum atomic E-state index is 0.460. The summed E-state index contributed by atoms with van der Waals surface area (Å²) in [6, 6.07) is 3.95. The van der Waals surface area contributed by atoms with E-state index < -0.39 is 0 Å². The van der Waals surface area contributed by atoms with Gasteiger partial charge in [-0.3, -0.25) is 0 Å². The van der Waals surface area contributed by atoms with Crippen LogP contribution in [0, 0.1) is 6.92 Å². The second-order valence-electron chi connectivity index (χ2n) is 2.67. The van der Waals surface area contributed by atoms with Gasteiger partial charge in [0.1, 0.15) is 0 Å². The average molecular weight is 182 g/mol. The van der Waals surface area contributed by atoms with Crippen LogP contribution in [0.25, 0.3) is 6.08 Å². The molecule has 2 heteroatoms. The van der Waals surface area contributed by atoms with Gasteiger partial charge in [-0.15, -0.1) is 0 Å². The lowest BCUT2D eigenvalue weighted by atomic mass is 10.0. The van der Waals surface area contributed by atoms with Gasteiger partial charge in [-0.2, -0.15) is 0 Å². The van der Waals surface area contributed by atoms with Gasteiger partial charge >= 0.3 is 0 Å². The van der Waals surface area contributed by atoms with E-state index in [1.165, 1.54) is 0 Å². The highest BCUT2D eigenvalue weighted by molar-refractivity contribution is 6.32. The molecule has 0 bridgehead atoms. The van der Waals surface area contributed by atoms with Crippen LogP contribution in [0.1, 0.15) is 16.7 Å². The first-order valence-corrected chi connectivity index (χ1v) is 4.19. The smallest absolute Gasteiger partial charge is 0.0486 e. The number of hydrogen-bond donors (Lipinski definition) is 1. The van der Waals surface area contributed by atoms with Crippen molar-refractivity contribution in [2.75, 3.05) is 0 Å². The Morgan fingerprint density at radius 1 is 1.58 bits per heavy atom. The van der Waals surface area contributed by atoms with Crippen molar-refractivity contribution in [3.05, 3.63) is 40.4 Å². The van der Waals surface area contributed by atoms with E-state index in [1.807, 2.05) is 19.1 Å². The summed E-state index contributed by atoms with van der Waals surface area (Å²) in [6.07, 6.45) is 1.77. The van der Waals surface area contributed by atoms with E-state index in [9.17, 15) is 0 Å². The van der Waals surface area contributed by atoms with Crippen LogP contribution in [-0.4, -0.2) is 0 Å². The topological polar surface area (TPSA) is 26.0 Å². The quantitative estimate of drug-likeness (QED) is 0.746. The Balaban J connectivity index is 3.35. The van der Waals surface area contributed by atoms with Gasteiger partial charge in [0.25, 0.3) is 0 Å². The standard InChI is InChI=1S/C10H12ClN/c1-3-8-5-4-7(2)10(11)9(8)6-12/h3-5H,1,6,12H2,2H3. The highest BCUT2D eigenvalue weighted by atomic mass is 35.5. The maximum Gasteiger partial charge on any atom is 0.0486 e. The molecular weight excluding hydrogens is 170 g/mol. The van der Waals surface area contributed by atoms with Crippen LogP contribution in [0.4, 0.5) is 0 Å². The molecule has 0 spiro atoms. The zero-order valence-electron chi connectivity index (χ0n) is 7.10. The first-order valence-electron chi connectivity index (χ1n) is 3.81. The molecule has 0 amide bonds. The third-order valence-electron chi connectivity index (χ3n) is 1.90. The Kier molecular flexibility index (Phi) is 2.90. The van der Waals surface area contributed by atoms with E-state index in [-0.39, 0.29) is 0 Å². The predicted octanol–water partition coefficient (Wildman–Crippen LogP) is 2.75. The summed E-state index contributed by atoms with van der Waals surface area (Å²) in [6.45, 7) is 6.12. The Morgan fingerprint density at radius 2 is 2.25 bits per heavy atom. The molecule has 0 saturated heterocycles. The molecule has 1 aromatic rings. The van der Waals surface area contributed by atoms with Gasteiger partial charge in [-0.25, -0.2) is 0 Å². The fourth-order valence-corrected chi connectivity index (χ4v) is 1.40. The minimum Gasteiger partial charge on any atom is -0.326 e. The number of hydrogen-bond acceptors (Lipinski definition) is 1. The molecule has 1 nitrogen and oxygen atoms in total. The molecule has 0 unspecified atom stereocenters. The second kappa shape index (κ2) is 3.74. The van der Waals surface area contributed by atoms with Crippen LogP contribution >= 0.6 is 11.6 Å². The normalized spacial score (nSPS) is 9.92. The summed E-state index contributed by atoms with van der Waals surface area (Å²) in [5, 5.41) is 0.759. The van der Waals surface area contributed by atoms with Crippen molar-refractivity contribution in [2.24, 2.45) is 5.73 Å². The van der Waals surface area contributed by atoms with Crippen molar-refractivity contribution >= 4 is 17.7 Å². The third-order valence-corrected chi connectivity index (χ3v) is 2.42. The van der Waals surface area contributed by atoms with Crippen LogP contribution in [-0.2, 0) is 6.54 Å². The van der Waals surface area contributed by atoms with Crippen molar-refractivity contribution in [1.82, 2.24) is 0 Å². The molecule has 0 fully saturated rings. The van der Waals surface area contributed by atoms with Crippen molar-refractivity contribution in [3.63, 3.8) is 0 Å². The van der Waals surface area contributed by atoms with E-state index in [0.29, 0.717) is 6.54 Å². The SMILES string of the molecule is C=Cc1ccc(C)c(Cl)c1CN. The number of aryl methyl sites for hydroxylation is 1. The van der Waals surface area contributed by atoms with Crippen LogP contribution in [0.2, 0.25) is 5.02 Å². The summed E-state index contributed by atoms with van der Waals surface area (Å²) in [5.41, 5.74) is 8.62. The average Bonchev–Trinajstić information content (AvgIpc) is 2.09. The molecule has 0 aliphatic rings. The fourth-order valence-electron chi connectivity index (χ4n) is 1.15. The molecule has 2 N–H and O–H groups in total. The molecule has 64 valence electrons. The highest BCUT2D eigenvalue weighted by Gasteiger charge is 2.04. The lowest BCUT2D eigenvalue weighted by Crippen LogP contribution is -2.00. The van der Waals surface area contributed by atoms with Gasteiger partial charge in [0.05, 0.1) is 0 Å². The fraction of sp³-hybridized carbons (Fsp3) is 0.200. The summed E-state index contributed by atoms with van der Waals surface area (Å²) in [5.74, 6) is 0. The summed E-state index contributed by atoms with van der Waals surface area (Å²) in [7, 11) is 0. The molecule has 0 radical (unpaired) electrons. The minimum absolute atomic E-state index is 0.460. The maximum absolute atomic E-state index is 6.05. The largest absolute Gasteiger partial charge is 0.326 e. The first-order chi connectivity index (χ1) is 5.70. The molecular formula is C10H12ClN. The van der Waals surface area contributed by atoms with E-state index in [1.54, 1.807) is 6.08 Å². The van der Waals surface area contributed by atoms with E-state index in [0.717, 1.165) is 21.7 Å². The van der Waals surface area contributed by atoms with Gasteiger partial charge < -0.3 is 5.73 Å². The zero-order chi connectivity index (χ0) is 9.14. The summed E-state index contributed by atoms with van der Waals surface area (Å²) < 4.78 is 0. The predicted molar refractivity (Wildman–Crippen MR) is 54.2 cm³/mol. The number of rotatable bonds is 2. The van der Waals surface area contributed by atoms with Crippen LogP contribution in [0.3, 0.4) is 0 Å². The van der Waals surface area contributed by atoms with Crippen molar-refractivity contribution in [2.45, 2.75) is 13.5 Å². The third kappa shape index (κ3) is 1.52. The number of benzene rings is 1. The second-order valence-corrected chi connectivity index (χ2v) is 3.05. The van der Waals surface area contributed by atoms with Crippen molar-refractivity contribution < 1.29 is 0 Å². The molecule has 0 saturated carbocycles. The van der Waals surface area contributed by atoms with E-state index in [2.05, 4.69) is 6.58 Å². The Morgan fingerprint density at radius 3 is 2.75 bits per heavy atom. The maximum atomic E-state index is 6.05. The molecule has 0 atom stereocenters. The van der Waals surface area contributed by atoms with Gasteiger partial charge in [-0.1, -0.05) is 36.4 Å². The van der Waals surface area contributed by atoms with Crippen LogP contribution in [0.5, 0.6) is 0 Å². The lowest BCUT2D eigenvalue weighted by Gasteiger charge is -2.07. The Bertz CT molecular complexity index is 305. The lowest BCUT2D eigenvalue weighted by molar-refractivity contribution is 1.06. The van der Waals surface area contributed by atoms with Gasteiger partial charge in [0, 0.05) is 11.6 Å². The molecule has 0 heterocycles. The van der Waals surface area contributed by atoms with Crippen LogP contribution < -0.4 is 5.73 Å². The van der Waals surface area contributed by atoms with E-state index >= 15 is 0 Å². The van der Waals surface area contributed by atoms with Gasteiger partial charge in [0.15, 0.2) is 0 Å². The van der Waals surface area contributed by atoms with Gasteiger partial charge in [-0.05, 0) is 23.6 Å². The Hall–Kier alpha value is -0.790. The number of halogens is 1. The van der Waals surface area contributed by atoms with Crippen molar-refractivity contribution in [1.29, 1.82) is 0 Å². The zero-order valence-corrected chi connectivity index (χ0v) is 7.86. The summed E-state index contributed by atoms with van der Waals surface area (Å²) >= 11 is 6.05. The summed E-state index contributed by atoms with van der Waals surface area (Å²) in [4.78, 5) is 0. The highest BCUT2D eigenvalue weighted by Crippen LogP contribution is 2.24. The molecule has 1 aromatic carbocycles. The van der Waals surface area contributed by atoms with Crippen LogP contribution in [0.15, 0.2) is 18.7 Å². The number of nitrogens with two attached hydrogens (primary N) is 1. The van der Waals surface area contributed by atoms with E-state index in [4.69, 9.17) is 17.3 Å². The molecule has 0 aliphatic heterocycles. The molecule has 12 heavy (non-hydrogen) atoms. The van der Waals surface area contributed by atoms with Gasteiger partial charge in [0.2, 0.25) is 0 Å². The Labute approximate surface area is 77.8 Å². The monoisotopic (exact) mass is 181 g/mol. The molecule has 1 rings (SSSR count).